The normalized spacial score (nSPS) is 11.3. The van der Waals surface area contributed by atoms with Crippen LogP contribution in [0, 0.1) is 5.82 Å². The zero-order chi connectivity index (χ0) is 20.0. The average Bonchev–Trinajstić information content (AvgIpc) is 2.71. The summed E-state index contributed by atoms with van der Waals surface area (Å²) >= 11 is 0. The molecule has 0 aromatic heterocycles. The van der Waals surface area contributed by atoms with Crippen LogP contribution in [-0.2, 0) is 11.8 Å². The van der Waals surface area contributed by atoms with Crippen molar-refractivity contribution in [2.24, 2.45) is 0 Å². The molecule has 3 heteroatoms. The number of para-hydroxylation sites is 1. The molecule has 3 rings (SSSR count). The first-order valence-corrected chi connectivity index (χ1v) is 9.64. The third-order valence-corrected chi connectivity index (χ3v) is 5.11. The Kier molecular flexibility index (Phi) is 6.35. The largest absolute Gasteiger partial charge is 0.497 e. The number of benzene rings is 3. The van der Waals surface area contributed by atoms with Crippen LogP contribution in [0.3, 0.4) is 0 Å². The topological polar surface area (TPSA) is 18.5 Å². The Morgan fingerprint density at radius 3 is 2.25 bits per heavy atom. The van der Waals surface area contributed by atoms with Crippen LogP contribution in [0.25, 0.3) is 0 Å². The molecule has 0 aliphatic heterocycles. The summed E-state index contributed by atoms with van der Waals surface area (Å²) in [4.78, 5) is 0. The molecule has 0 heterocycles. The molecule has 0 fully saturated rings. The highest BCUT2D eigenvalue weighted by molar-refractivity contribution is 5.35. The zero-order valence-corrected chi connectivity index (χ0v) is 16.7. The van der Waals surface area contributed by atoms with Gasteiger partial charge in [0.05, 0.1) is 7.11 Å². The van der Waals surface area contributed by atoms with Gasteiger partial charge in [-0.05, 0) is 72.2 Å². The summed E-state index contributed by atoms with van der Waals surface area (Å²) < 4.78 is 25.1. The smallest absolute Gasteiger partial charge is 0.165 e. The van der Waals surface area contributed by atoms with Gasteiger partial charge < -0.3 is 9.47 Å². The zero-order valence-electron chi connectivity index (χ0n) is 16.7. The average molecular weight is 378 g/mol. The molecular weight excluding hydrogens is 351 g/mol. The van der Waals surface area contributed by atoms with Gasteiger partial charge in [0, 0.05) is 0 Å². The van der Waals surface area contributed by atoms with Gasteiger partial charge in [0.2, 0.25) is 0 Å². The summed E-state index contributed by atoms with van der Waals surface area (Å²) in [5.74, 6) is 1.44. The molecule has 0 spiro atoms. The molecule has 0 aliphatic rings. The minimum atomic E-state index is -0.342. The van der Waals surface area contributed by atoms with Gasteiger partial charge in [-0.2, -0.15) is 0 Å². The Morgan fingerprint density at radius 1 is 0.857 bits per heavy atom. The molecule has 28 heavy (non-hydrogen) atoms. The SMILES string of the molecule is COc1ccc(C(C)(C)CCCc2ccc(F)c(Oc3ccccc3)c2)cc1. The number of rotatable bonds is 8. The van der Waals surface area contributed by atoms with E-state index in [4.69, 9.17) is 9.47 Å². The molecular formula is C25H27FO2. The van der Waals surface area contributed by atoms with Gasteiger partial charge in [-0.15, -0.1) is 0 Å². The molecule has 3 aromatic rings. The Hall–Kier alpha value is -2.81. The highest BCUT2D eigenvalue weighted by atomic mass is 19.1. The number of hydrogen-bond donors (Lipinski definition) is 0. The lowest BCUT2D eigenvalue weighted by atomic mass is 9.80. The van der Waals surface area contributed by atoms with Crippen LogP contribution < -0.4 is 9.47 Å². The third-order valence-electron chi connectivity index (χ3n) is 5.11. The molecule has 0 saturated carbocycles. The van der Waals surface area contributed by atoms with E-state index in [1.54, 1.807) is 7.11 Å². The van der Waals surface area contributed by atoms with Crippen molar-refractivity contribution in [2.75, 3.05) is 7.11 Å². The maximum Gasteiger partial charge on any atom is 0.165 e. The summed E-state index contributed by atoms with van der Waals surface area (Å²) in [5.41, 5.74) is 2.44. The van der Waals surface area contributed by atoms with Gasteiger partial charge in [0.1, 0.15) is 11.5 Å². The highest BCUT2D eigenvalue weighted by Crippen LogP contribution is 2.31. The molecule has 146 valence electrons. The lowest BCUT2D eigenvalue weighted by Crippen LogP contribution is -2.17. The monoisotopic (exact) mass is 378 g/mol. The summed E-state index contributed by atoms with van der Waals surface area (Å²) in [6, 6.07) is 22.7. The Morgan fingerprint density at radius 2 is 1.57 bits per heavy atom. The molecule has 0 amide bonds. The van der Waals surface area contributed by atoms with E-state index in [9.17, 15) is 4.39 Å². The molecule has 0 saturated heterocycles. The van der Waals surface area contributed by atoms with Crippen molar-refractivity contribution < 1.29 is 13.9 Å². The van der Waals surface area contributed by atoms with E-state index in [2.05, 4.69) is 26.0 Å². The van der Waals surface area contributed by atoms with E-state index in [1.807, 2.05) is 54.6 Å². The molecule has 0 unspecified atom stereocenters. The summed E-state index contributed by atoms with van der Waals surface area (Å²) in [6.07, 6.45) is 2.92. The van der Waals surface area contributed by atoms with E-state index >= 15 is 0 Å². The Balaban J connectivity index is 1.61. The molecule has 0 atom stereocenters. The molecule has 0 radical (unpaired) electrons. The number of methoxy groups -OCH3 is 1. The van der Waals surface area contributed by atoms with E-state index in [-0.39, 0.29) is 17.0 Å². The summed E-state index contributed by atoms with van der Waals surface area (Å²) in [6.45, 7) is 4.51. The summed E-state index contributed by atoms with van der Waals surface area (Å²) in [7, 11) is 1.68. The van der Waals surface area contributed by atoms with E-state index in [0.29, 0.717) is 5.75 Å². The maximum absolute atomic E-state index is 14.1. The quantitative estimate of drug-likeness (QED) is 0.423. The van der Waals surface area contributed by atoms with Crippen LogP contribution in [0.2, 0.25) is 0 Å². The second kappa shape index (κ2) is 8.92. The van der Waals surface area contributed by atoms with E-state index < -0.39 is 0 Å². The highest BCUT2D eigenvalue weighted by Gasteiger charge is 2.20. The minimum absolute atomic E-state index is 0.0651. The first kappa shape index (κ1) is 19.9. The van der Waals surface area contributed by atoms with Crippen molar-refractivity contribution in [3.63, 3.8) is 0 Å². The van der Waals surface area contributed by atoms with Gasteiger partial charge in [-0.25, -0.2) is 4.39 Å². The second-order valence-electron chi connectivity index (χ2n) is 7.65. The van der Waals surface area contributed by atoms with Gasteiger partial charge in [-0.3, -0.25) is 0 Å². The molecule has 0 N–H and O–H groups in total. The van der Waals surface area contributed by atoms with Crippen molar-refractivity contribution in [3.8, 4) is 17.2 Å². The molecule has 3 aromatic carbocycles. The van der Waals surface area contributed by atoms with Gasteiger partial charge >= 0.3 is 0 Å². The summed E-state index contributed by atoms with van der Waals surface area (Å²) in [5, 5.41) is 0. The number of halogens is 1. The van der Waals surface area contributed by atoms with Crippen molar-refractivity contribution in [3.05, 3.63) is 89.7 Å². The molecule has 2 nitrogen and oxygen atoms in total. The van der Waals surface area contributed by atoms with Crippen LogP contribution in [0.15, 0.2) is 72.8 Å². The number of hydrogen-bond acceptors (Lipinski definition) is 2. The maximum atomic E-state index is 14.1. The van der Waals surface area contributed by atoms with Gasteiger partial charge in [0.25, 0.3) is 0 Å². The fourth-order valence-corrected chi connectivity index (χ4v) is 3.32. The van der Waals surface area contributed by atoms with Crippen molar-refractivity contribution >= 4 is 0 Å². The third kappa shape index (κ3) is 5.13. The van der Waals surface area contributed by atoms with Crippen molar-refractivity contribution in [1.29, 1.82) is 0 Å². The van der Waals surface area contributed by atoms with Crippen molar-refractivity contribution in [2.45, 2.75) is 38.5 Å². The fourth-order valence-electron chi connectivity index (χ4n) is 3.32. The molecule has 0 aliphatic carbocycles. The number of ether oxygens (including phenoxy) is 2. The van der Waals surface area contributed by atoms with Crippen LogP contribution in [0.4, 0.5) is 4.39 Å². The lowest BCUT2D eigenvalue weighted by Gasteiger charge is -2.25. The Bertz CT molecular complexity index is 886. The first-order valence-electron chi connectivity index (χ1n) is 9.64. The predicted molar refractivity (Wildman–Crippen MR) is 112 cm³/mol. The second-order valence-corrected chi connectivity index (χ2v) is 7.65. The van der Waals surface area contributed by atoms with Crippen LogP contribution >= 0.6 is 0 Å². The lowest BCUT2D eigenvalue weighted by molar-refractivity contribution is 0.413. The standard InChI is InChI=1S/C25H27FO2/c1-25(2,20-12-14-21(27-3)15-13-20)17-7-8-19-11-16-23(26)24(18-19)28-22-9-5-4-6-10-22/h4-6,9-16,18H,7-8,17H2,1-3H3. The Labute approximate surface area is 166 Å². The fraction of sp³-hybridized carbons (Fsp3) is 0.280. The predicted octanol–water partition coefficient (Wildman–Crippen LogP) is 6.93. The van der Waals surface area contributed by atoms with Gasteiger partial charge in [-0.1, -0.05) is 50.2 Å². The first-order chi connectivity index (χ1) is 13.5. The minimum Gasteiger partial charge on any atom is -0.497 e. The van der Waals surface area contributed by atoms with Crippen molar-refractivity contribution in [1.82, 2.24) is 0 Å². The van der Waals surface area contributed by atoms with Crippen LogP contribution in [-0.4, -0.2) is 7.11 Å². The van der Waals surface area contributed by atoms with Crippen LogP contribution in [0.1, 0.15) is 37.8 Å². The van der Waals surface area contributed by atoms with Crippen LogP contribution in [0.5, 0.6) is 17.2 Å². The van der Waals surface area contributed by atoms with Gasteiger partial charge in [0.15, 0.2) is 11.6 Å². The number of aryl methyl sites for hydroxylation is 1. The van der Waals surface area contributed by atoms with E-state index in [1.165, 1.54) is 11.6 Å². The molecule has 0 bridgehead atoms. The van der Waals surface area contributed by atoms with E-state index in [0.717, 1.165) is 30.6 Å².